The molecule has 1 heterocycles. The van der Waals surface area contributed by atoms with Crippen molar-refractivity contribution >= 4 is 12.1 Å². The molecule has 2 aliphatic rings. The van der Waals surface area contributed by atoms with E-state index in [1.54, 1.807) is 11.8 Å². The lowest BCUT2D eigenvalue weighted by atomic mass is 9.90. The molecule has 3 N–H and O–H groups in total. The van der Waals surface area contributed by atoms with Crippen molar-refractivity contribution in [1.82, 2.24) is 10.2 Å². The fraction of sp³-hybridized carbons (Fsp3) is 0.846. The number of urea groups is 1. The van der Waals surface area contributed by atoms with E-state index in [-0.39, 0.29) is 6.04 Å². The Morgan fingerprint density at radius 2 is 2.05 bits per heavy atom. The number of likely N-dealkylation sites (tertiary alicyclic amines) is 1. The van der Waals surface area contributed by atoms with Gasteiger partial charge < -0.3 is 20.7 Å². The number of hydrogen-bond donors (Lipinski definition) is 2. The van der Waals surface area contributed by atoms with Gasteiger partial charge in [0.25, 0.3) is 0 Å². The maximum absolute atomic E-state index is 11.5. The first kappa shape index (κ1) is 14.0. The molecule has 0 aromatic carbocycles. The third-order valence-electron chi connectivity index (χ3n) is 3.81. The molecule has 0 radical (unpaired) electrons. The highest BCUT2D eigenvalue weighted by Crippen LogP contribution is 2.37. The van der Waals surface area contributed by atoms with Crippen molar-refractivity contribution in [2.45, 2.75) is 38.6 Å². The van der Waals surface area contributed by atoms with Crippen LogP contribution in [-0.4, -0.2) is 42.8 Å². The average molecular weight is 269 g/mol. The Kier molecular flexibility index (Phi) is 4.50. The first-order valence-electron chi connectivity index (χ1n) is 7.06. The van der Waals surface area contributed by atoms with Crippen molar-refractivity contribution < 1.29 is 14.3 Å². The molecule has 2 rings (SSSR count). The monoisotopic (exact) mass is 269 g/mol. The second kappa shape index (κ2) is 6.12. The normalized spacial score (nSPS) is 26.9. The second-order valence-electron chi connectivity index (χ2n) is 5.59. The van der Waals surface area contributed by atoms with Gasteiger partial charge >= 0.3 is 12.1 Å². The third-order valence-corrected chi connectivity index (χ3v) is 3.81. The summed E-state index contributed by atoms with van der Waals surface area (Å²) in [7, 11) is 0. The summed E-state index contributed by atoms with van der Waals surface area (Å²) < 4.78 is 4.88. The van der Waals surface area contributed by atoms with Gasteiger partial charge in [0.15, 0.2) is 0 Å². The molecule has 0 aromatic rings. The molecule has 3 amide bonds. The molecule has 6 nitrogen and oxygen atoms in total. The Morgan fingerprint density at radius 3 is 2.63 bits per heavy atom. The van der Waals surface area contributed by atoms with Gasteiger partial charge in [-0.15, -0.1) is 0 Å². The lowest BCUT2D eigenvalue weighted by Crippen LogP contribution is -2.54. The zero-order chi connectivity index (χ0) is 13.8. The van der Waals surface area contributed by atoms with Crippen LogP contribution in [0.2, 0.25) is 0 Å². The minimum absolute atomic E-state index is 0.0518. The number of nitrogens with one attached hydrogen (secondary N) is 1. The minimum atomic E-state index is -0.413. The van der Waals surface area contributed by atoms with Gasteiger partial charge in [-0.1, -0.05) is 12.8 Å². The van der Waals surface area contributed by atoms with Crippen molar-refractivity contribution in [2.75, 3.05) is 19.7 Å². The lowest BCUT2D eigenvalue weighted by Gasteiger charge is -2.37. The van der Waals surface area contributed by atoms with Crippen molar-refractivity contribution in [1.29, 1.82) is 0 Å². The number of rotatable bonds is 4. The minimum Gasteiger partial charge on any atom is -0.450 e. The van der Waals surface area contributed by atoms with E-state index in [0.29, 0.717) is 25.6 Å². The van der Waals surface area contributed by atoms with E-state index in [2.05, 4.69) is 5.32 Å². The van der Waals surface area contributed by atoms with Crippen molar-refractivity contribution in [2.24, 2.45) is 17.6 Å². The number of primary amides is 1. The average Bonchev–Trinajstić information content (AvgIpc) is 3.12. The summed E-state index contributed by atoms with van der Waals surface area (Å²) in [6.07, 6.45) is 4.21. The fourth-order valence-electron chi connectivity index (χ4n) is 2.82. The zero-order valence-electron chi connectivity index (χ0n) is 11.4. The molecule has 6 heteroatoms. The van der Waals surface area contributed by atoms with Crippen LogP contribution in [-0.2, 0) is 4.74 Å². The van der Waals surface area contributed by atoms with E-state index in [9.17, 15) is 9.59 Å². The van der Waals surface area contributed by atoms with Crippen LogP contribution in [0, 0.1) is 11.8 Å². The van der Waals surface area contributed by atoms with Gasteiger partial charge in [-0.05, 0) is 31.6 Å². The van der Waals surface area contributed by atoms with E-state index >= 15 is 0 Å². The van der Waals surface area contributed by atoms with Gasteiger partial charge in [-0.2, -0.15) is 0 Å². The zero-order valence-corrected chi connectivity index (χ0v) is 11.4. The van der Waals surface area contributed by atoms with Gasteiger partial charge in [0.2, 0.25) is 0 Å². The molecule has 1 aliphatic heterocycles. The molecule has 2 unspecified atom stereocenters. The Hall–Kier alpha value is -1.46. The van der Waals surface area contributed by atoms with E-state index in [4.69, 9.17) is 10.5 Å². The largest absolute Gasteiger partial charge is 0.450 e. The van der Waals surface area contributed by atoms with E-state index in [1.807, 2.05) is 0 Å². The number of amides is 3. The molecule has 1 saturated carbocycles. The summed E-state index contributed by atoms with van der Waals surface area (Å²) in [5.41, 5.74) is 5.37. The molecular weight excluding hydrogens is 246 g/mol. The topological polar surface area (TPSA) is 84.7 Å². The Labute approximate surface area is 113 Å². The number of nitrogens with zero attached hydrogens (tertiary/aromatic N) is 1. The summed E-state index contributed by atoms with van der Waals surface area (Å²) in [5.74, 6) is 1.24. The molecule has 2 fully saturated rings. The second-order valence-corrected chi connectivity index (χ2v) is 5.59. The van der Waals surface area contributed by atoms with Crippen LogP contribution < -0.4 is 11.1 Å². The van der Waals surface area contributed by atoms with Crippen LogP contribution in [0.25, 0.3) is 0 Å². The highest BCUT2D eigenvalue weighted by molar-refractivity contribution is 5.72. The van der Waals surface area contributed by atoms with Gasteiger partial charge in [0, 0.05) is 13.1 Å². The molecule has 1 saturated heterocycles. The van der Waals surface area contributed by atoms with E-state index in [0.717, 1.165) is 18.8 Å². The number of nitrogens with two attached hydrogens (primary N) is 1. The highest BCUT2D eigenvalue weighted by Gasteiger charge is 2.33. The van der Waals surface area contributed by atoms with Gasteiger partial charge in [-0.3, -0.25) is 0 Å². The summed E-state index contributed by atoms with van der Waals surface area (Å²) in [6, 6.07) is -0.458. The van der Waals surface area contributed by atoms with Crippen LogP contribution in [0.4, 0.5) is 9.59 Å². The Bertz CT molecular complexity index is 344. The fourth-order valence-corrected chi connectivity index (χ4v) is 2.82. The van der Waals surface area contributed by atoms with Crippen LogP contribution in [0.3, 0.4) is 0 Å². The molecule has 0 aromatic heterocycles. The number of carbonyl (C=O) groups is 2. The molecule has 1 aliphatic carbocycles. The van der Waals surface area contributed by atoms with Gasteiger partial charge in [-0.25, -0.2) is 9.59 Å². The summed E-state index contributed by atoms with van der Waals surface area (Å²) in [4.78, 5) is 24.5. The summed E-state index contributed by atoms with van der Waals surface area (Å²) in [5, 5.41) is 2.82. The quantitative estimate of drug-likeness (QED) is 0.806. The van der Waals surface area contributed by atoms with E-state index < -0.39 is 12.1 Å². The number of hydrogen-bond acceptors (Lipinski definition) is 3. The first-order chi connectivity index (χ1) is 9.08. The molecular formula is C13H23N3O3. The first-order valence-corrected chi connectivity index (χ1v) is 7.06. The Morgan fingerprint density at radius 1 is 1.32 bits per heavy atom. The lowest BCUT2D eigenvalue weighted by molar-refractivity contribution is 0.122. The molecule has 0 bridgehead atoms. The van der Waals surface area contributed by atoms with Gasteiger partial charge in [0.05, 0.1) is 12.6 Å². The van der Waals surface area contributed by atoms with Crippen LogP contribution in [0.5, 0.6) is 0 Å². The number of piperidine rings is 1. The SMILES string of the molecule is CCOC(=O)NC1CC(CC2CC2)CN(C(N)=O)C1. The predicted molar refractivity (Wildman–Crippen MR) is 70.6 cm³/mol. The standard InChI is InChI=1S/C13H23N3O3/c1-2-19-13(18)15-11-6-10(5-9-3-4-9)7-16(8-11)12(14)17/h9-11H,2-8H2,1H3,(H2,14,17)(H,15,18). The highest BCUT2D eigenvalue weighted by atomic mass is 16.5. The number of ether oxygens (including phenoxy) is 1. The smallest absolute Gasteiger partial charge is 0.407 e. The van der Waals surface area contributed by atoms with E-state index in [1.165, 1.54) is 12.8 Å². The maximum Gasteiger partial charge on any atom is 0.407 e. The summed E-state index contributed by atoms with van der Waals surface area (Å²) in [6.45, 7) is 3.32. The molecule has 2 atom stereocenters. The Balaban J connectivity index is 1.89. The van der Waals surface area contributed by atoms with Gasteiger partial charge in [0.1, 0.15) is 0 Å². The van der Waals surface area contributed by atoms with Crippen LogP contribution in [0.1, 0.15) is 32.6 Å². The predicted octanol–water partition coefficient (Wildman–Crippen LogP) is 1.30. The maximum atomic E-state index is 11.5. The van der Waals surface area contributed by atoms with Crippen molar-refractivity contribution in [3.8, 4) is 0 Å². The van der Waals surface area contributed by atoms with Crippen LogP contribution in [0.15, 0.2) is 0 Å². The van der Waals surface area contributed by atoms with Crippen molar-refractivity contribution in [3.63, 3.8) is 0 Å². The van der Waals surface area contributed by atoms with Crippen LogP contribution >= 0.6 is 0 Å². The summed E-state index contributed by atoms with van der Waals surface area (Å²) >= 11 is 0. The molecule has 0 spiro atoms. The molecule has 108 valence electrons. The third kappa shape index (κ3) is 4.29. The number of carbonyl (C=O) groups excluding carboxylic acids is 2. The molecule has 19 heavy (non-hydrogen) atoms. The number of alkyl carbamates (subject to hydrolysis) is 1. The van der Waals surface area contributed by atoms with Crippen molar-refractivity contribution in [3.05, 3.63) is 0 Å².